The number of primary amides is 1. The summed E-state index contributed by atoms with van der Waals surface area (Å²) in [6, 6.07) is 17.4. The number of nitrogens with one attached hydrogen (secondary N) is 2. The molecular formula is C31H40ClN5O4. The van der Waals surface area contributed by atoms with E-state index in [2.05, 4.69) is 16.7 Å². The first-order chi connectivity index (χ1) is 19.6. The Hall–Kier alpha value is -3.69. The standard InChI is InChI=1S/C31H40ClN5O4/c1-31(2,3)41-30(39)37-18-21(16-32)28-25-9-5-4-8-24(25)27(15-26(28)37)40-19-20-10-12-23(13-11-20)36-17-22(33)7-6-14-35-29(34)38/h4-5,8-13,15,21-22,36H,6-7,14,16-19,33H2,1-3H3,(H3,34,35,38)/t21-,22+/m1/s1. The van der Waals surface area contributed by atoms with Gasteiger partial charge in [-0.25, -0.2) is 9.59 Å². The average Bonchev–Trinajstić information content (AvgIpc) is 3.31. The second-order valence-electron chi connectivity index (χ2n) is 11.4. The van der Waals surface area contributed by atoms with E-state index in [0.29, 0.717) is 37.9 Å². The molecule has 3 amide bonds. The summed E-state index contributed by atoms with van der Waals surface area (Å²) in [6.45, 7) is 7.53. The van der Waals surface area contributed by atoms with E-state index in [1.165, 1.54) is 0 Å². The van der Waals surface area contributed by atoms with Gasteiger partial charge >= 0.3 is 12.1 Å². The van der Waals surface area contributed by atoms with Crippen molar-refractivity contribution in [1.29, 1.82) is 0 Å². The summed E-state index contributed by atoms with van der Waals surface area (Å²) in [5, 5.41) is 7.92. The fourth-order valence-corrected chi connectivity index (χ4v) is 5.21. The number of rotatable bonds is 11. The number of fused-ring (bicyclic) bond motifs is 3. The lowest BCUT2D eigenvalue weighted by Crippen LogP contribution is -2.36. The largest absolute Gasteiger partial charge is 0.488 e. The van der Waals surface area contributed by atoms with Crippen LogP contribution in [-0.2, 0) is 11.3 Å². The summed E-state index contributed by atoms with van der Waals surface area (Å²) >= 11 is 6.37. The number of nitrogens with two attached hydrogens (primary N) is 2. The van der Waals surface area contributed by atoms with Crippen LogP contribution in [0.1, 0.15) is 50.7 Å². The lowest BCUT2D eigenvalue weighted by Gasteiger charge is -2.25. The Balaban J connectivity index is 1.44. The number of carbonyl (C=O) groups is 2. The summed E-state index contributed by atoms with van der Waals surface area (Å²) in [5.74, 6) is 1.09. The summed E-state index contributed by atoms with van der Waals surface area (Å²) in [6.07, 6.45) is 1.14. The summed E-state index contributed by atoms with van der Waals surface area (Å²) in [7, 11) is 0. The number of alkyl halides is 1. The molecule has 0 aliphatic carbocycles. The number of ether oxygens (including phenoxy) is 2. The number of benzene rings is 3. The fraction of sp³-hybridized carbons (Fsp3) is 0.419. The van der Waals surface area contributed by atoms with Gasteiger partial charge in [-0.1, -0.05) is 36.4 Å². The summed E-state index contributed by atoms with van der Waals surface area (Å²) in [5.41, 5.74) is 14.4. The SMILES string of the molecule is CC(C)(C)OC(=O)N1C[C@@H](CCl)c2c1cc(OCc1ccc(NC[C@@H](N)CCCNC(N)=O)cc1)c1ccccc21. The molecule has 0 saturated heterocycles. The smallest absolute Gasteiger partial charge is 0.414 e. The number of urea groups is 1. The van der Waals surface area contributed by atoms with E-state index in [1.54, 1.807) is 4.90 Å². The van der Waals surface area contributed by atoms with Gasteiger partial charge in [0.05, 0.1) is 5.69 Å². The lowest BCUT2D eigenvalue weighted by atomic mass is 9.95. The van der Waals surface area contributed by atoms with E-state index in [-0.39, 0.29) is 12.0 Å². The maximum absolute atomic E-state index is 13.1. The van der Waals surface area contributed by atoms with Crippen LogP contribution in [0.5, 0.6) is 5.75 Å². The molecule has 0 aromatic heterocycles. The molecule has 0 radical (unpaired) electrons. The van der Waals surface area contributed by atoms with Crippen molar-refractivity contribution in [2.75, 3.05) is 35.7 Å². The van der Waals surface area contributed by atoms with Gasteiger partial charge in [0.15, 0.2) is 0 Å². The highest BCUT2D eigenvalue weighted by Gasteiger charge is 2.36. The van der Waals surface area contributed by atoms with Crippen molar-refractivity contribution >= 4 is 45.9 Å². The third kappa shape index (κ3) is 7.95. The predicted octanol–water partition coefficient (Wildman–Crippen LogP) is 5.68. The Bertz CT molecular complexity index is 1360. The zero-order valence-corrected chi connectivity index (χ0v) is 24.7. The molecule has 0 spiro atoms. The van der Waals surface area contributed by atoms with Gasteiger partial charge in [-0.15, -0.1) is 11.6 Å². The Kier molecular flexibility index (Phi) is 9.83. The van der Waals surface area contributed by atoms with Gasteiger partial charge in [-0.2, -0.15) is 0 Å². The Morgan fingerprint density at radius 1 is 1.12 bits per heavy atom. The van der Waals surface area contributed by atoms with Crippen LogP contribution in [-0.4, -0.2) is 49.3 Å². The van der Waals surface area contributed by atoms with Crippen LogP contribution >= 0.6 is 11.6 Å². The molecule has 0 unspecified atom stereocenters. The van der Waals surface area contributed by atoms with E-state index in [9.17, 15) is 9.59 Å². The number of nitrogens with zero attached hydrogens (tertiary/aromatic N) is 1. The lowest BCUT2D eigenvalue weighted by molar-refractivity contribution is 0.0582. The predicted molar refractivity (Wildman–Crippen MR) is 165 cm³/mol. The molecule has 1 heterocycles. The zero-order chi connectivity index (χ0) is 29.6. The Morgan fingerprint density at radius 2 is 1.83 bits per heavy atom. The van der Waals surface area contributed by atoms with Crippen molar-refractivity contribution in [3.05, 3.63) is 65.7 Å². The minimum atomic E-state index is -0.609. The number of halogens is 1. The molecule has 0 fully saturated rings. The number of hydrogen-bond acceptors (Lipinski definition) is 6. The quantitative estimate of drug-likeness (QED) is 0.170. The van der Waals surface area contributed by atoms with Crippen LogP contribution in [0.25, 0.3) is 10.8 Å². The first-order valence-electron chi connectivity index (χ1n) is 13.9. The molecule has 1 aliphatic heterocycles. The van der Waals surface area contributed by atoms with Gasteiger partial charge in [0.1, 0.15) is 18.0 Å². The van der Waals surface area contributed by atoms with Crippen LogP contribution < -0.4 is 31.7 Å². The number of hydrogen-bond donors (Lipinski definition) is 4. The average molecular weight is 582 g/mol. The van der Waals surface area contributed by atoms with Gasteiger partial charge < -0.3 is 31.6 Å². The first kappa shape index (κ1) is 30.3. The van der Waals surface area contributed by atoms with Crippen molar-refractivity contribution in [3.8, 4) is 5.75 Å². The monoisotopic (exact) mass is 581 g/mol. The Morgan fingerprint density at radius 3 is 2.49 bits per heavy atom. The molecule has 1 aliphatic rings. The maximum Gasteiger partial charge on any atom is 0.414 e. The van der Waals surface area contributed by atoms with Crippen LogP contribution in [0.15, 0.2) is 54.6 Å². The molecule has 4 rings (SSSR count). The topological polar surface area (TPSA) is 132 Å². The number of carbonyl (C=O) groups excluding carboxylic acids is 2. The molecule has 41 heavy (non-hydrogen) atoms. The van der Waals surface area contributed by atoms with E-state index in [1.807, 2.05) is 69.3 Å². The highest BCUT2D eigenvalue weighted by molar-refractivity contribution is 6.19. The summed E-state index contributed by atoms with van der Waals surface area (Å²) < 4.78 is 12.0. The minimum absolute atomic E-state index is 0.00175. The second-order valence-corrected chi connectivity index (χ2v) is 11.7. The third-order valence-corrected chi connectivity index (χ3v) is 7.27. The molecule has 220 valence electrons. The van der Waals surface area contributed by atoms with Crippen LogP contribution in [0.3, 0.4) is 0 Å². The molecule has 0 saturated carbocycles. The van der Waals surface area contributed by atoms with Gasteiger partial charge in [0.25, 0.3) is 0 Å². The van der Waals surface area contributed by atoms with Crippen molar-refractivity contribution in [2.45, 2.75) is 57.8 Å². The fourth-order valence-electron chi connectivity index (χ4n) is 4.95. The molecule has 3 aromatic carbocycles. The highest BCUT2D eigenvalue weighted by atomic mass is 35.5. The second kappa shape index (κ2) is 13.3. The first-order valence-corrected chi connectivity index (χ1v) is 14.5. The summed E-state index contributed by atoms with van der Waals surface area (Å²) in [4.78, 5) is 25.5. The van der Waals surface area contributed by atoms with Crippen molar-refractivity contribution < 1.29 is 19.1 Å². The normalized spacial score (nSPS) is 15.3. The van der Waals surface area contributed by atoms with Gasteiger partial charge in [0, 0.05) is 54.6 Å². The molecule has 6 N–H and O–H groups in total. The highest BCUT2D eigenvalue weighted by Crippen LogP contribution is 2.46. The van der Waals surface area contributed by atoms with Crippen LogP contribution in [0.2, 0.25) is 0 Å². The van der Waals surface area contributed by atoms with Gasteiger partial charge in [-0.05, 0) is 62.3 Å². The minimum Gasteiger partial charge on any atom is -0.488 e. The van der Waals surface area contributed by atoms with Crippen LogP contribution in [0.4, 0.5) is 21.0 Å². The van der Waals surface area contributed by atoms with E-state index >= 15 is 0 Å². The maximum atomic E-state index is 13.1. The Labute approximate surface area is 246 Å². The van der Waals surface area contributed by atoms with Crippen molar-refractivity contribution in [3.63, 3.8) is 0 Å². The van der Waals surface area contributed by atoms with E-state index < -0.39 is 17.7 Å². The number of anilines is 2. The molecule has 3 aromatic rings. The van der Waals surface area contributed by atoms with Gasteiger partial charge in [-0.3, -0.25) is 4.90 Å². The molecule has 2 atom stereocenters. The zero-order valence-electron chi connectivity index (χ0n) is 23.9. The van der Waals surface area contributed by atoms with Gasteiger partial charge in [0.2, 0.25) is 0 Å². The van der Waals surface area contributed by atoms with Crippen molar-refractivity contribution in [1.82, 2.24) is 5.32 Å². The number of amides is 3. The molecular weight excluding hydrogens is 542 g/mol. The van der Waals surface area contributed by atoms with E-state index in [4.69, 9.17) is 32.5 Å². The van der Waals surface area contributed by atoms with Crippen LogP contribution in [0, 0.1) is 0 Å². The molecule has 0 bridgehead atoms. The third-order valence-electron chi connectivity index (χ3n) is 6.90. The molecule has 10 heteroatoms. The molecule has 9 nitrogen and oxygen atoms in total. The van der Waals surface area contributed by atoms with E-state index in [0.717, 1.165) is 46.1 Å². The van der Waals surface area contributed by atoms with Crippen molar-refractivity contribution in [2.24, 2.45) is 11.5 Å².